The predicted molar refractivity (Wildman–Crippen MR) is 110 cm³/mol. The molecule has 0 radical (unpaired) electrons. The number of thiocarbonyl (C=S) groups is 1. The average Bonchev–Trinajstić information content (AvgIpc) is 2.92. The summed E-state index contributed by atoms with van der Waals surface area (Å²) in [5, 5.41) is 3.69. The van der Waals surface area contributed by atoms with Gasteiger partial charge in [0.25, 0.3) is 5.91 Å². The van der Waals surface area contributed by atoms with Crippen LogP contribution in [0.1, 0.15) is 29.3 Å². The first-order valence-electron chi connectivity index (χ1n) is 8.63. The molecule has 6 nitrogen and oxygen atoms in total. The molecule has 3 rings (SSSR count). The van der Waals surface area contributed by atoms with Gasteiger partial charge in [-0.25, -0.2) is 0 Å². The highest BCUT2D eigenvalue weighted by Gasteiger charge is 2.18. The van der Waals surface area contributed by atoms with Gasteiger partial charge in [-0.05, 0) is 42.4 Å². The summed E-state index contributed by atoms with van der Waals surface area (Å²) >= 11 is 11.5. The molecule has 1 aliphatic heterocycles. The van der Waals surface area contributed by atoms with E-state index in [0.717, 1.165) is 24.1 Å². The van der Waals surface area contributed by atoms with Gasteiger partial charge >= 0.3 is 0 Å². The van der Waals surface area contributed by atoms with E-state index in [4.69, 9.17) is 33.3 Å². The smallest absolute Gasteiger partial charge is 0.269 e. The van der Waals surface area contributed by atoms with Crippen molar-refractivity contribution in [3.05, 3.63) is 52.5 Å². The van der Waals surface area contributed by atoms with Crippen molar-refractivity contribution in [2.75, 3.05) is 18.5 Å². The monoisotopic (exact) mass is 405 g/mol. The molecule has 0 spiro atoms. The van der Waals surface area contributed by atoms with Crippen molar-refractivity contribution in [2.24, 2.45) is 0 Å². The van der Waals surface area contributed by atoms with Gasteiger partial charge in [0.2, 0.25) is 0 Å². The number of hydrogen-bond donors (Lipinski definition) is 3. The number of amides is 1. The first-order valence-corrected chi connectivity index (χ1v) is 9.41. The topological polar surface area (TPSA) is 71.6 Å². The lowest BCUT2D eigenvalue weighted by Gasteiger charge is -2.15. The fourth-order valence-corrected chi connectivity index (χ4v) is 3.08. The molecular formula is C19H20ClN3O3S. The molecule has 0 saturated heterocycles. The number of nitrogens with one attached hydrogen (secondary N) is 3. The molecule has 0 atom stereocenters. The standard InChI is InChI=1S/C19H20ClN3O3S/c1-2-12-6-3-4-7-15(12)21-19(27)23-22-18(24)13-10-14(20)17-16(11-13)25-8-5-9-26-17/h3-4,6-7,10-11H,2,5,8-9H2,1H3,(H,22,24)(H2,21,23,27). The second-order valence-corrected chi connectivity index (χ2v) is 6.70. The van der Waals surface area contributed by atoms with Crippen LogP contribution in [0, 0.1) is 0 Å². The van der Waals surface area contributed by atoms with E-state index in [1.54, 1.807) is 6.07 Å². The van der Waals surface area contributed by atoms with E-state index < -0.39 is 0 Å². The largest absolute Gasteiger partial charge is 0.489 e. The normalized spacial score (nSPS) is 12.7. The Hall–Kier alpha value is -2.51. The summed E-state index contributed by atoms with van der Waals surface area (Å²) < 4.78 is 11.2. The Bertz CT molecular complexity index is 860. The van der Waals surface area contributed by atoms with Gasteiger partial charge in [0.05, 0.1) is 18.2 Å². The zero-order valence-electron chi connectivity index (χ0n) is 14.8. The molecule has 27 heavy (non-hydrogen) atoms. The van der Waals surface area contributed by atoms with Gasteiger partial charge in [0.1, 0.15) is 0 Å². The first kappa shape index (κ1) is 19.3. The van der Waals surface area contributed by atoms with Crippen LogP contribution in [0.25, 0.3) is 0 Å². The first-order chi connectivity index (χ1) is 13.1. The zero-order chi connectivity index (χ0) is 19.2. The van der Waals surface area contributed by atoms with Crippen LogP contribution >= 0.6 is 23.8 Å². The molecule has 1 heterocycles. The van der Waals surface area contributed by atoms with Gasteiger partial charge in [0.15, 0.2) is 16.6 Å². The molecule has 0 aliphatic carbocycles. The van der Waals surface area contributed by atoms with Crippen molar-refractivity contribution in [3.63, 3.8) is 0 Å². The van der Waals surface area contributed by atoms with Crippen LogP contribution < -0.4 is 25.6 Å². The molecule has 2 aromatic rings. The van der Waals surface area contributed by atoms with Crippen molar-refractivity contribution in [2.45, 2.75) is 19.8 Å². The molecule has 142 valence electrons. The number of fused-ring (bicyclic) bond motifs is 1. The molecule has 3 N–H and O–H groups in total. The third kappa shape index (κ3) is 4.81. The minimum absolute atomic E-state index is 0.282. The predicted octanol–water partition coefficient (Wildman–Crippen LogP) is 3.70. The van der Waals surface area contributed by atoms with Crippen LogP contribution in [0.3, 0.4) is 0 Å². The van der Waals surface area contributed by atoms with Crippen LogP contribution in [0.15, 0.2) is 36.4 Å². The third-order valence-electron chi connectivity index (χ3n) is 4.00. The number of para-hydroxylation sites is 1. The summed E-state index contributed by atoms with van der Waals surface area (Å²) in [5.74, 6) is 0.537. The number of anilines is 1. The minimum Gasteiger partial charge on any atom is -0.489 e. The lowest BCUT2D eigenvalue weighted by atomic mass is 10.1. The highest BCUT2D eigenvalue weighted by Crippen LogP contribution is 2.37. The Morgan fingerprint density at radius 1 is 1.19 bits per heavy atom. The molecular weight excluding hydrogens is 386 g/mol. The molecule has 0 saturated carbocycles. The van der Waals surface area contributed by atoms with Crippen LogP contribution in [-0.4, -0.2) is 24.2 Å². The van der Waals surface area contributed by atoms with Gasteiger partial charge in [-0.1, -0.05) is 36.7 Å². The average molecular weight is 406 g/mol. The summed E-state index contributed by atoms with van der Waals surface area (Å²) in [7, 11) is 0. The van der Waals surface area contributed by atoms with E-state index in [1.165, 1.54) is 6.07 Å². The molecule has 0 fully saturated rings. The van der Waals surface area contributed by atoms with Crippen LogP contribution in [0.4, 0.5) is 5.69 Å². The Kier molecular flexibility index (Phi) is 6.36. The molecule has 0 bridgehead atoms. The minimum atomic E-state index is -0.388. The molecule has 1 aliphatic rings. The van der Waals surface area contributed by atoms with E-state index in [2.05, 4.69) is 23.1 Å². The lowest BCUT2D eigenvalue weighted by molar-refractivity contribution is 0.0943. The van der Waals surface area contributed by atoms with Crippen molar-refractivity contribution >= 4 is 40.5 Å². The number of halogens is 1. The number of hydrogen-bond acceptors (Lipinski definition) is 4. The summed E-state index contributed by atoms with van der Waals surface area (Å²) in [6, 6.07) is 11.0. The molecule has 0 aromatic heterocycles. The summed E-state index contributed by atoms with van der Waals surface area (Å²) in [4.78, 5) is 12.4. The number of hydrazine groups is 1. The van der Waals surface area contributed by atoms with E-state index in [0.29, 0.717) is 35.3 Å². The number of benzene rings is 2. The van der Waals surface area contributed by atoms with Gasteiger partial charge in [0, 0.05) is 17.7 Å². The van der Waals surface area contributed by atoms with Crippen molar-refractivity contribution in [1.29, 1.82) is 0 Å². The third-order valence-corrected chi connectivity index (χ3v) is 4.49. The van der Waals surface area contributed by atoms with Gasteiger partial charge < -0.3 is 14.8 Å². The second-order valence-electron chi connectivity index (χ2n) is 5.88. The summed E-state index contributed by atoms with van der Waals surface area (Å²) in [5.41, 5.74) is 7.62. The Morgan fingerprint density at radius 2 is 1.96 bits per heavy atom. The van der Waals surface area contributed by atoms with E-state index in [-0.39, 0.29) is 11.0 Å². The van der Waals surface area contributed by atoms with E-state index in [1.807, 2.05) is 24.3 Å². The Labute approximate surface area is 168 Å². The highest BCUT2D eigenvalue weighted by molar-refractivity contribution is 7.80. The Balaban J connectivity index is 1.63. The maximum Gasteiger partial charge on any atom is 0.269 e. The van der Waals surface area contributed by atoms with Gasteiger partial charge in [-0.2, -0.15) is 0 Å². The SMILES string of the molecule is CCc1ccccc1NC(=S)NNC(=O)c1cc(Cl)c2c(c1)OCCCO2. The molecule has 1 amide bonds. The maximum atomic E-state index is 12.4. The van der Waals surface area contributed by atoms with E-state index >= 15 is 0 Å². The number of carbonyl (C=O) groups is 1. The summed E-state index contributed by atoms with van der Waals surface area (Å²) in [6.07, 6.45) is 1.63. The fourth-order valence-electron chi connectivity index (χ4n) is 2.65. The molecule has 2 aromatic carbocycles. The maximum absolute atomic E-state index is 12.4. The van der Waals surface area contributed by atoms with Crippen molar-refractivity contribution < 1.29 is 14.3 Å². The zero-order valence-corrected chi connectivity index (χ0v) is 16.4. The van der Waals surface area contributed by atoms with Gasteiger partial charge in [-0.3, -0.25) is 15.6 Å². The Morgan fingerprint density at radius 3 is 2.78 bits per heavy atom. The number of aryl methyl sites for hydroxylation is 1. The second kappa shape index (κ2) is 8.92. The fraction of sp³-hybridized carbons (Fsp3) is 0.263. The highest BCUT2D eigenvalue weighted by atomic mass is 35.5. The van der Waals surface area contributed by atoms with Crippen LogP contribution in [0.2, 0.25) is 5.02 Å². The summed E-state index contributed by atoms with van der Waals surface area (Å²) in [6.45, 7) is 3.10. The van der Waals surface area contributed by atoms with Crippen LogP contribution in [-0.2, 0) is 6.42 Å². The quantitative estimate of drug-likeness (QED) is 0.534. The van der Waals surface area contributed by atoms with Gasteiger partial charge in [-0.15, -0.1) is 0 Å². The van der Waals surface area contributed by atoms with Crippen LogP contribution in [0.5, 0.6) is 11.5 Å². The number of carbonyl (C=O) groups excluding carboxylic acids is 1. The lowest BCUT2D eigenvalue weighted by Crippen LogP contribution is -2.43. The van der Waals surface area contributed by atoms with Crippen molar-refractivity contribution in [1.82, 2.24) is 10.9 Å². The van der Waals surface area contributed by atoms with Crippen molar-refractivity contribution in [3.8, 4) is 11.5 Å². The molecule has 0 unspecified atom stereocenters. The molecule has 8 heteroatoms. The number of ether oxygens (including phenoxy) is 2. The number of rotatable bonds is 3. The van der Waals surface area contributed by atoms with E-state index in [9.17, 15) is 4.79 Å².